The highest BCUT2D eigenvalue weighted by Crippen LogP contribution is 2.32. The number of aliphatic hydroxyl groups excluding tert-OH is 1. The number of carboxylic acid groups (broad SMARTS) is 1. The molecule has 0 spiro atoms. The second-order valence-corrected chi connectivity index (χ2v) is 10.4. The van der Waals surface area contributed by atoms with Crippen LogP contribution in [0.1, 0.15) is 36.0 Å². The van der Waals surface area contributed by atoms with Crippen LogP contribution in [-0.4, -0.2) is 60.0 Å². The van der Waals surface area contributed by atoms with E-state index in [9.17, 15) is 36.3 Å². The highest BCUT2D eigenvalue weighted by molar-refractivity contribution is 7.89. The Morgan fingerprint density at radius 2 is 1.75 bits per heavy atom. The minimum Gasteiger partial charge on any atom is -0.480 e. The van der Waals surface area contributed by atoms with E-state index >= 15 is 0 Å². The maximum absolute atomic E-state index is 13.2. The number of carbonyl (C=O) groups excluding carboxylic acids is 1. The Hall–Kier alpha value is -2.96. The molecule has 0 unspecified atom stereocenters. The molecule has 2 aromatic carbocycles. The predicted octanol–water partition coefficient (Wildman–Crippen LogP) is 2.60. The van der Waals surface area contributed by atoms with Crippen molar-refractivity contribution >= 4 is 21.9 Å². The number of nitrogens with one attached hydrogen (secondary N) is 1. The number of aliphatic carboxylic acids is 1. The van der Waals surface area contributed by atoms with Crippen LogP contribution < -0.4 is 5.32 Å². The van der Waals surface area contributed by atoms with Gasteiger partial charge in [-0.2, -0.15) is 17.5 Å². The molecule has 0 bridgehead atoms. The number of hydrogen-bond acceptors (Lipinski definition) is 5. The van der Waals surface area contributed by atoms with Gasteiger partial charge in [-0.15, -0.1) is 0 Å². The van der Waals surface area contributed by atoms with Crippen LogP contribution >= 0.6 is 0 Å². The number of nitrogens with zero attached hydrogens (tertiary/aromatic N) is 1. The lowest BCUT2D eigenvalue weighted by Crippen LogP contribution is -2.55. The van der Waals surface area contributed by atoms with Crippen LogP contribution in [0.15, 0.2) is 53.4 Å². The third-order valence-electron chi connectivity index (χ3n) is 6.00. The highest BCUT2D eigenvalue weighted by Gasteiger charge is 2.40. The van der Waals surface area contributed by atoms with E-state index in [-0.39, 0.29) is 26.0 Å². The molecule has 1 aliphatic heterocycles. The van der Waals surface area contributed by atoms with Gasteiger partial charge in [-0.3, -0.25) is 4.79 Å². The largest absolute Gasteiger partial charge is 0.480 e. The molecule has 196 valence electrons. The third kappa shape index (κ3) is 6.62. The molecule has 2 atom stereocenters. The van der Waals surface area contributed by atoms with Crippen molar-refractivity contribution in [1.29, 1.82) is 0 Å². The van der Waals surface area contributed by atoms with E-state index in [4.69, 9.17) is 5.11 Å². The quantitative estimate of drug-likeness (QED) is 0.460. The number of hydrogen-bond donors (Lipinski definition) is 3. The minimum atomic E-state index is -4.74. The molecule has 1 aliphatic rings. The minimum absolute atomic E-state index is 0.0333. The lowest BCUT2D eigenvalue weighted by molar-refractivity contribution is -0.142. The Morgan fingerprint density at radius 1 is 1.08 bits per heavy atom. The molecule has 3 N–H and O–H groups in total. The number of alkyl halides is 3. The lowest BCUT2D eigenvalue weighted by Gasteiger charge is -2.34. The summed E-state index contributed by atoms with van der Waals surface area (Å²) in [6.07, 6.45) is -3.35. The molecule has 36 heavy (non-hydrogen) atoms. The first-order valence-electron chi connectivity index (χ1n) is 11.3. The molecule has 1 fully saturated rings. The fourth-order valence-corrected chi connectivity index (χ4v) is 5.80. The van der Waals surface area contributed by atoms with Gasteiger partial charge >= 0.3 is 12.1 Å². The van der Waals surface area contributed by atoms with E-state index < -0.39 is 50.6 Å². The summed E-state index contributed by atoms with van der Waals surface area (Å²) in [6.45, 7) is -0.116. The van der Waals surface area contributed by atoms with Gasteiger partial charge in [-0.05, 0) is 48.6 Å². The number of amides is 1. The lowest BCUT2D eigenvalue weighted by atomic mass is 10.0. The van der Waals surface area contributed by atoms with Crippen molar-refractivity contribution in [1.82, 2.24) is 9.62 Å². The molecule has 0 radical (unpaired) electrons. The second kappa shape index (κ2) is 11.4. The van der Waals surface area contributed by atoms with Crippen LogP contribution in [0.25, 0.3) is 0 Å². The molecule has 1 heterocycles. The maximum atomic E-state index is 13.2. The van der Waals surface area contributed by atoms with E-state index in [1.165, 1.54) is 0 Å². The van der Waals surface area contributed by atoms with Gasteiger partial charge in [-0.1, -0.05) is 36.8 Å². The van der Waals surface area contributed by atoms with Crippen molar-refractivity contribution in [3.63, 3.8) is 0 Å². The molecule has 0 aromatic heterocycles. The molecule has 0 saturated carbocycles. The number of aliphatic hydroxyl groups is 1. The van der Waals surface area contributed by atoms with Crippen LogP contribution in [0.2, 0.25) is 0 Å². The molecule has 8 nitrogen and oxygen atoms in total. The Labute approximate surface area is 206 Å². The van der Waals surface area contributed by atoms with Gasteiger partial charge in [0.15, 0.2) is 0 Å². The Balaban J connectivity index is 1.80. The molecule has 1 saturated heterocycles. The molecule has 2 aromatic rings. The molecular formula is C24H27F3N2O6S. The first-order chi connectivity index (χ1) is 16.9. The smallest absolute Gasteiger partial charge is 0.416 e. The van der Waals surface area contributed by atoms with Crippen LogP contribution in [0, 0.1) is 0 Å². The van der Waals surface area contributed by atoms with Gasteiger partial charge in [-0.25, -0.2) is 13.2 Å². The number of rotatable bonds is 9. The Bertz CT molecular complexity index is 1190. The summed E-state index contributed by atoms with van der Waals surface area (Å²) in [7, 11) is -4.46. The molecular weight excluding hydrogens is 501 g/mol. The Morgan fingerprint density at radius 3 is 2.36 bits per heavy atom. The van der Waals surface area contributed by atoms with E-state index in [0.29, 0.717) is 30.9 Å². The van der Waals surface area contributed by atoms with Crippen molar-refractivity contribution < 1.29 is 41.4 Å². The number of carboxylic acids is 1. The van der Waals surface area contributed by atoms with E-state index in [0.717, 1.165) is 28.1 Å². The SMILES string of the molecule is O=C(O)[C@H](Cc1ccc(CCO)cc1)NC(=O)[C@@H]1CCCCN1S(=O)(=O)c1cccc(C(F)(F)F)c1. The molecule has 12 heteroatoms. The summed E-state index contributed by atoms with van der Waals surface area (Å²) in [4.78, 5) is 24.3. The van der Waals surface area contributed by atoms with E-state index in [2.05, 4.69) is 5.32 Å². The van der Waals surface area contributed by atoms with Gasteiger partial charge in [0.1, 0.15) is 12.1 Å². The first kappa shape index (κ1) is 27.6. The van der Waals surface area contributed by atoms with Crippen LogP contribution in [-0.2, 0) is 38.6 Å². The number of carbonyl (C=O) groups is 2. The van der Waals surface area contributed by atoms with Crippen LogP contribution in [0.4, 0.5) is 13.2 Å². The van der Waals surface area contributed by atoms with Gasteiger partial charge in [0.2, 0.25) is 15.9 Å². The van der Waals surface area contributed by atoms with Crippen molar-refractivity contribution in [3.05, 3.63) is 65.2 Å². The van der Waals surface area contributed by atoms with Gasteiger partial charge in [0.25, 0.3) is 0 Å². The summed E-state index contributed by atoms with van der Waals surface area (Å²) in [6, 6.07) is 7.53. The number of sulfonamides is 1. The monoisotopic (exact) mass is 528 g/mol. The molecule has 1 amide bonds. The second-order valence-electron chi connectivity index (χ2n) is 8.55. The van der Waals surface area contributed by atoms with E-state index in [1.54, 1.807) is 24.3 Å². The predicted molar refractivity (Wildman–Crippen MR) is 123 cm³/mol. The average Bonchev–Trinajstić information content (AvgIpc) is 2.84. The van der Waals surface area contributed by atoms with Crippen molar-refractivity contribution in [2.45, 2.75) is 55.3 Å². The van der Waals surface area contributed by atoms with E-state index in [1.807, 2.05) is 0 Å². The zero-order valence-electron chi connectivity index (χ0n) is 19.2. The number of piperidine rings is 1. The fourth-order valence-electron chi connectivity index (χ4n) is 4.10. The number of halogens is 3. The highest BCUT2D eigenvalue weighted by atomic mass is 32.2. The maximum Gasteiger partial charge on any atom is 0.416 e. The normalized spacial score (nSPS) is 17.9. The standard InChI is InChI=1S/C24H27F3N2O6S/c25-24(26,27)18-4-3-5-19(15-18)36(34,35)29-12-2-1-6-21(29)22(31)28-20(23(32)33)14-17-9-7-16(8-10-17)11-13-30/h3-5,7-10,15,20-21,30H,1-2,6,11-14H2,(H,28,31)(H,32,33)/t20-,21-/m0/s1. The van der Waals surface area contributed by atoms with Crippen molar-refractivity contribution in [2.75, 3.05) is 13.2 Å². The zero-order chi connectivity index (χ0) is 26.5. The summed E-state index contributed by atoms with van der Waals surface area (Å²) in [5, 5.41) is 21.1. The van der Waals surface area contributed by atoms with Crippen molar-refractivity contribution in [2.24, 2.45) is 0 Å². The van der Waals surface area contributed by atoms with Gasteiger partial charge in [0, 0.05) is 19.6 Å². The van der Waals surface area contributed by atoms with Crippen molar-refractivity contribution in [3.8, 4) is 0 Å². The van der Waals surface area contributed by atoms with Gasteiger partial charge < -0.3 is 15.5 Å². The summed E-state index contributed by atoms with van der Waals surface area (Å²) in [5.74, 6) is -2.14. The summed E-state index contributed by atoms with van der Waals surface area (Å²) < 4.78 is 66.7. The number of benzene rings is 2. The topological polar surface area (TPSA) is 124 Å². The third-order valence-corrected chi connectivity index (χ3v) is 7.91. The summed E-state index contributed by atoms with van der Waals surface area (Å²) in [5.41, 5.74) is 0.341. The fraction of sp³-hybridized carbons (Fsp3) is 0.417. The molecule has 0 aliphatic carbocycles. The average molecular weight is 529 g/mol. The summed E-state index contributed by atoms with van der Waals surface area (Å²) >= 11 is 0. The van der Waals surface area contributed by atoms with Crippen LogP contribution in [0.5, 0.6) is 0 Å². The van der Waals surface area contributed by atoms with Gasteiger partial charge in [0.05, 0.1) is 10.5 Å². The Kier molecular flexibility index (Phi) is 8.75. The first-order valence-corrected chi connectivity index (χ1v) is 12.8. The van der Waals surface area contributed by atoms with Crippen LogP contribution in [0.3, 0.4) is 0 Å². The molecule has 3 rings (SSSR count). The zero-order valence-corrected chi connectivity index (χ0v) is 20.1.